The van der Waals surface area contributed by atoms with Crippen LogP contribution in [0.1, 0.15) is 76.2 Å². The van der Waals surface area contributed by atoms with E-state index >= 15 is 0 Å². The molecule has 0 heterocycles. The minimum absolute atomic E-state index is 0.127. The van der Waals surface area contributed by atoms with Gasteiger partial charge in [-0.25, -0.2) is 13.8 Å². The topological polar surface area (TPSA) is 88.1 Å². The number of rotatable bonds is 7. The van der Waals surface area contributed by atoms with E-state index in [-0.39, 0.29) is 11.4 Å². The summed E-state index contributed by atoms with van der Waals surface area (Å²) in [5, 5.41) is 4.43. The lowest BCUT2D eigenvalue weighted by Crippen LogP contribution is -2.39. The zero-order chi connectivity index (χ0) is 25.8. The number of nitrogens with one attached hydrogen (secondary N) is 1. The summed E-state index contributed by atoms with van der Waals surface area (Å²) in [5.41, 5.74) is 4.96. The summed E-state index contributed by atoms with van der Waals surface area (Å²) in [6, 6.07) is 13.2. The molecular formula is C28H39N3O4S. The Kier molecular flexibility index (Phi) is 10.8. The number of carbonyl (C=O) groups excluding carboxylic acids is 1. The molecule has 0 spiro atoms. The summed E-state index contributed by atoms with van der Waals surface area (Å²) < 4.78 is 33.4. The Labute approximate surface area is 216 Å². The summed E-state index contributed by atoms with van der Waals surface area (Å²) in [4.78, 5) is 13.1. The van der Waals surface area contributed by atoms with Gasteiger partial charge in [0.05, 0.1) is 17.7 Å². The van der Waals surface area contributed by atoms with Crippen LogP contribution < -0.4 is 14.5 Å². The summed E-state index contributed by atoms with van der Waals surface area (Å²) in [5.74, 6) is 0.130. The number of hydrogen-bond donors (Lipinski definition) is 1. The molecule has 7 nitrogen and oxygen atoms in total. The number of hydrazone groups is 1. The molecule has 0 unspecified atom stereocenters. The maximum Gasteiger partial charge on any atom is 0.264 e. The molecule has 1 aliphatic rings. The highest BCUT2D eigenvalue weighted by molar-refractivity contribution is 7.92. The smallest absolute Gasteiger partial charge is 0.264 e. The van der Waals surface area contributed by atoms with Crippen LogP contribution in [0.5, 0.6) is 5.75 Å². The van der Waals surface area contributed by atoms with Gasteiger partial charge in [-0.3, -0.25) is 9.10 Å². The Balaban J connectivity index is 1.76. The molecule has 0 aromatic heterocycles. The van der Waals surface area contributed by atoms with E-state index in [0.29, 0.717) is 11.4 Å². The third-order valence-corrected chi connectivity index (χ3v) is 8.31. The van der Waals surface area contributed by atoms with Crippen LogP contribution in [0.15, 0.2) is 58.5 Å². The molecule has 1 N–H and O–H groups in total. The van der Waals surface area contributed by atoms with E-state index in [9.17, 15) is 13.2 Å². The van der Waals surface area contributed by atoms with Crippen LogP contribution in [0, 0.1) is 6.92 Å². The number of nitrogens with zero attached hydrogens (tertiary/aromatic N) is 2. The van der Waals surface area contributed by atoms with Crippen LogP contribution in [0.3, 0.4) is 0 Å². The summed E-state index contributed by atoms with van der Waals surface area (Å²) in [6.45, 7) is 1.52. The number of aryl methyl sites for hydroxylation is 1. The lowest BCUT2D eigenvalue weighted by Gasteiger charge is -2.24. The second kappa shape index (κ2) is 14.0. The van der Waals surface area contributed by atoms with Gasteiger partial charge in [-0.05, 0) is 69.0 Å². The van der Waals surface area contributed by atoms with E-state index in [2.05, 4.69) is 10.5 Å². The molecule has 1 saturated carbocycles. The van der Waals surface area contributed by atoms with Gasteiger partial charge in [0.25, 0.3) is 15.9 Å². The number of hydrogen-bond acceptors (Lipinski definition) is 5. The molecule has 0 bridgehead atoms. The van der Waals surface area contributed by atoms with E-state index in [0.717, 1.165) is 41.3 Å². The van der Waals surface area contributed by atoms with Crippen LogP contribution in [0.25, 0.3) is 0 Å². The predicted octanol–water partition coefficient (Wildman–Crippen LogP) is 5.98. The van der Waals surface area contributed by atoms with Gasteiger partial charge < -0.3 is 4.74 Å². The highest BCUT2D eigenvalue weighted by Gasteiger charge is 2.27. The first-order chi connectivity index (χ1) is 17.4. The van der Waals surface area contributed by atoms with E-state index in [1.807, 2.05) is 6.92 Å². The monoisotopic (exact) mass is 513 g/mol. The number of carbonyl (C=O) groups is 1. The molecule has 196 valence electrons. The molecular weight excluding hydrogens is 474 g/mol. The average molecular weight is 514 g/mol. The molecule has 3 rings (SSSR count). The number of anilines is 1. The maximum absolute atomic E-state index is 13.5. The normalized spacial score (nSPS) is 15.8. The van der Waals surface area contributed by atoms with Crippen molar-refractivity contribution in [2.45, 2.75) is 82.4 Å². The highest BCUT2D eigenvalue weighted by Crippen LogP contribution is 2.26. The Morgan fingerprint density at radius 1 is 0.861 bits per heavy atom. The van der Waals surface area contributed by atoms with Crippen molar-refractivity contribution in [2.24, 2.45) is 5.10 Å². The zero-order valence-electron chi connectivity index (χ0n) is 21.5. The van der Waals surface area contributed by atoms with Gasteiger partial charge in [-0.1, -0.05) is 62.6 Å². The largest absolute Gasteiger partial charge is 0.497 e. The fourth-order valence-electron chi connectivity index (χ4n) is 4.34. The van der Waals surface area contributed by atoms with Gasteiger partial charge in [-0.15, -0.1) is 0 Å². The molecule has 0 aliphatic heterocycles. The maximum atomic E-state index is 13.5. The molecule has 1 aliphatic carbocycles. The van der Waals surface area contributed by atoms with Crippen molar-refractivity contribution in [2.75, 3.05) is 18.0 Å². The second-order valence-electron chi connectivity index (χ2n) is 9.42. The van der Waals surface area contributed by atoms with Crippen LogP contribution in [-0.2, 0) is 14.8 Å². The Morgan fingerprint density at radius 2 is 1.39 bits per heavy atom. The van der Waals surface area contributed by atoms with E-state index in [1.54, 1.807) is 55.6 Å². The van der Waals surface area contributed by atoms with Crippen LogP contribution in [0.4, 0.5) is 5.69 Å². The van der Waals surface area contributed by atoms with E-state index < -0.39 is 15.9 Å². The van der Waals surface area contributed by atoms with Crippen molar-refractivity contribution in [3.05, 3.63) is 54.1 Å². The van der Waals surface area contributed by atoms with Crippen molar-refractivity contribution in [3.8, 4) is 5.75 Å². The molecule has 1 fully saturated rings. The number of methoxy groups -OCH3 is 1. The first-order valence-electron chi connectivity index (χ1n) is 13.0. The Hall–Kier alpha value is -2.87. The third-order valence-electron chi connectivity index (χ3n) is 6.53. The highest BCUT2D eigenvalue weighted by atomic mass is 32.2. The van der Waals surface area contributed by atoms with Gasteiger partial charge in [0.15, 0.2) is 0 Å². The first kappa shape index (κ1) is 27.7. The quantitative estimate of drug-likeness (QED) is 0.462. The Morgan fingerprint density at radius 3 is 1.92 bits per heavy atom. The van der Waals surface area contributed by atoms with Crippen molar-refractivity contribution in [1.82, 2.24) is 5.43 Å². The van der Waals surface area contributed by atoms with Gasteiger partial charge in [0.1, 0.15) is 12.3 Å². The van der Waals surface area contributed by atoms with Gasteiger partial charge in [0, 0.05) is 5.71 Å². The Bertz CT molecular complexity index is 1080. The molecule has 2 aromatic rings. The number of benzene rings is 2. The second-order valence-corrected chi connectivity index (χ2v) is 11.3. The van der Waals surface area contributed by atoms with Crippen molar-refractivity contribution in [1.29, 1.82) is 0 Å². The summed E-state index contributed by atoms with van der Waals surface area (Å²) >= 11 is 0. The van der Waals surface area contributed by atoms with Gasteiger partial charge in [-0.2, -0.15) is 5.10 Å². The fraction of sp³-hybridized carbons (Fsp3) is 0.500. The minimum atomic E-state index is -3.97. The average Bonchev–Trinajstić information content (AvgIpc) is 2.87. The van der Waals surface area contributed by atoms with Crippen LogP contribution in [-0.4, -0.2) is 33.7 Å². The van der Waals surface area contributed by atoms with E-state index in [4.69, 9.17) is 4.74 Å². The predicted molar refractivity (Wildman–Crippen MR) is 145 cm³/mol. The zero-order valence-corrected chi connectivity index (χ0v) is 22.4. The molecule has 0 saturated heterocycles. The molecule has 36 heavy (non-hydrogen) atoms. The standard InChI is InChI=1S/C28H39N3O4S/c1-23-14-20-27(21-15-23)36(33,34)31(25-16-18-26(35-2)19-17-25)22-28(32)30-29-24-12-10-8-6-4-3-5-7-9-11-13-24/h14-21H,3-13,22H2,1-2H3,(H,30,32). The van der Waals surface area contributed by atoms with Crippen LogP contribution >= 0.6 is 0 Å². The SMILES string of the molecule is COc1ccc(N(CC(=O)NN=C2CCCCCCCCCCC2)S(=O)(=O)c2ccc(C)cc2)cc1. The summed E-state index contributed by atoms with van der Waals surface area (Å²) in [6.07, 6.45) is 12.6. The lowest BCUT2D eigenvalue weighted by atomic mass is 10.00. The summed E-state index contributed by atoms with van der Waals surface area (Å²) in [7, 11) is -2.43. The van der Waals surface area contributed by atoms with E-state index in [1.165, 1.54) is 44.9 Å². The number of ether oxygens (including phenoxy) is 1. The fourth-order valence-corrected chi connectivity index (χ4v) is 5.76. The molecule has 0 atom stereocenters. The molecule has 1 amide bonds. The molecule has 2 aromatic carbocycles. The van der Waals surface area contributed by atoms with Gasteiger partial charge >= 0.3 is 0 Å². The van der Waals surface area contributed by atoms with Crippen molar-refractivity contribution < 1.29 is 17.9 Å². The number of sulfonamides is 1. The van der Waals surface area contributed by atoms with Crippen LogP contribution in [0.2, 0.25) is 0 Å². The minimum Gasteiger partial charge on any atom is -0.497 e. The first-order valence-corrected chi connectivity index (χ1v) is 14.4. The van der Waals surface area contributed by atoms with Crippen molar-refractivity contribution in [3.63, 3.8) is 0 Å². The lowest BCUT2D eigenvalue weighted by molar-refractivity contribution is -0.119. The molecule has 0 radical (unpaired) electrons. The number of amides is 1. The third kappa shape index (κ3) is 8.36. The van der Waals surface area contributed by atoms with Crippen molar-refractivity contribution >= 4 is 27.3 Å². The molecule has 8 heteroatoms. The van der Waals surface area contributed by atoms with Gasteiger partial charge in [0.2, 0.25) is 0 Å².